The number of para-hydroxylation sites is 1. The van der Waals surface area contributed by atoms with Gasteiger partial charge in [-0.1, -0.05) is 18.2 Å². The highest BCUT2D eigenvalue weighted by molar-refractivity contribution is 5.83. The lowest BCUT2D eigenvalue weighted by Gasteiger charge is -2.58. The second-order valence-corrected chi connectivity index (χ2v) is 9.57. The number of aromatic nitrogens is 1. The van der Waals surface area contributed by atoms with E-state index in [0.29, 0.717) is 11.8 Å². The van der Waals surface area contributed by atoms with Crippen LogP contribution in [0.4, 0.5) is 0 Å². The maximum atomic E-state index is 11.9. The Bertz CT molecular complexity index is 1160. The third-order valence-corrected chi connectivity index (χ3v) is 8.02. The standard InChI is InChI=1S/C28H33N2O3/c1-4-19-17-30(18-21-7-5-6-8-27(21)33-3)14-12-20(19)15-26(30)28(31)23-11-13-29-25-10-9-22(32-2)16-24(23)25/h4-11,13,16,19-20,26,28,31H,1,12,14-15,17-18H2,2-3H3/q+1/t19?,20?,26?,28-,30?/m1/s1. The maximum Gasteiger partial charge on any atom is 0.131 e. The molecule has 2 bridgehead atoms. The number of benzene rings is 2. The van der Waals surface area contributed by atoms with Crippen LogP contribution in [-0.2, 0) is 6.54 Å². The summed E-state index contributed by atoms with van der Waals surface area (Å²) in [5, 5.41) is 12.9. The zero-order valence-corrected chi connectivity index (χ0v) is 19.5. The molecule has 172 valence electrons. The molecule has 3 fully saturated rings. The van der Waals surface area contributed by atoms with Gasteiger partial charge in [-0.2, -0.15) is 0 Å². The molecule has 33 heavy (non-hydrogen) atoms. The number of piperidine rings is 3. The Morgan fingerprint density at radius 1 is 1.18 bits per heavy atom. The Balaban J connectivity index is 1.57. The fourth-order valence-corrected chi connectivity index (χ4v) is 6.29. The fraction of sp³-hybridized carbons (Fsp3) is 0.393. The summed E-state index contributed by atoms with van der Waals surface area (Å²) in [5.41, 5.74) is 3.01. The highest BCUT2D eigenvalue weighted by Crippen LogP contribution is 2.48. The number of quaternary nitrogens is 1. The van der Waals surface area contributed by atoms with Crippen molar-refractivity contribution in [2.75, 3.05) is 27.3 Å². The number of ether oxygens (including phenoxy) is 2. The van der Waals surface area contributed by atoms with Gasteiger partial charge in [0.05, 0.1) is 32.8 Å². The van der Waals surface area contributed by atoms with E-state index in [9.17, 15) is 5.11 Å². The molecule has 3 aliphatic heterocycles. The number of hydrogen-bond acceptors (Lipinski definition) is 4. The predicted molar refractivity (Wildman–Crippen MR) is 130 cm³/mol. The molecule has 2 aromatic carbocycles. The van der Waals surface area contributed by atoms with E-state index in [1.165, 1.54) is 12.0 Å². The normalized spacial score (nSPS) is 27.3. The summed E-state index contributed by atoms with van der Waals surface area (Å²) in [6.45, 7) is 7.04. The second kappa shape index (κ2) is 8.81. The number of hydrogen-bond donors (Lipinski definition) is 1. The van der Waals surface area contributed by atoms with E-state index in [2.05, 4.69) is 29.8 Å². The van der Waals surface area contributed by atoms with E-state index in [0.717, 1.165) is 58.5 Å². The molecule has 5 nitrogen and oxygen atoms in total. The number of aliphatic hydroxyl groups excluding tert-OH is 1. The van der Waals surface area contributed by atoms with E-state index >= 15 is 0 Å². The van der Waals surface area contributed by atoms with Crippen molar-refractivity contribution >= 4 is 10.9 Å². The zero-order valence-electron chi connectivity index (χ0n) is 19.5. The SMILES string of the molecule is C=CC1C[N+]2(Cc3ccccc3OC)CCC1CC2[C@H](O)c1ccnc2ccc(OC)cc12. The van der Waals surface area contributed by atoms with E-state index in [1.54, 1.807) is 20.4 Å². The highest BCUT2D eigenvalue weighted by atomic mass is 16.5. The second-order valence-electron chi connectivity index (χ2n) is 9.57. The summed E-state index contributed by atoms with van der Waals surface area (Å²) in [6, 6.07) is 16.2. The summed E-state index contributed by atoms with van der Waals surface area (Å²) >= 11 is 0. The van der Waals surface area contributed by atoms with Gasteiger partial charge in [0.1, 0.15) is 30.2 Å². The molecule has 0 radical (unpaired) electrons. The Morgan fingerprint density at radius 2 is 2.03 bits per heavy atom. The van der Waals surface area contributed by atoms with E-state index in [4.69, 9.17) is 9.47 Å². The predicted octanol–water partition coefficient (Wildman–Crippen LogP) is 4.90. The van der Waals surface area contributed by atoms with Crippen LogP contribution in [0.5, 0.6) is 11.5 Å². The average molecular weight is 446 g/mol. The molecule has 0 saturated carbocycles. The highest BCUT2D eigenvalue weighted by Gasteiger charge is 2.54. The molecule has 1 N–H and O–H groups in total. The smallest absolute Gasteiger partial charge is 0.131 e. The van der Waals surface area contributed by atoms with Crippen LogP contribution in [0.1, 0.15) is 30.1 Å². The summed E-state index contributed by atoms with van der Waals surface area (Å²) < 4.78 is 12.0. The first-order valence-corrected chi connectivity index (χ1v) is 11.8. The molecule has 5 atom stereocenters. The molecule has 5 heteroatoms. The van der Waals surface area contributed by atoms with Crippen molar-refractivity contribution < 1.29 is 19.1 Å². The molecule has 0 amide bonds. The van der Waals surface area contributed by atoms with Gasteiger partial charge in [-0.3, -0.25) is 4.98 Å². The lowest BCUT2D eigenvalue weighted by molar-refractivity contribution is -0.984. The average Bonchev–Trinajstić information content (AvgIpc) is 2.87. The Hall–Kier alpha value is -2.89. The number of fused-ring (bicyclic) bond motifs is 4. The first-order chi connectivity index (χ1) is 16.1. The van der Waals surface area contributed by atoms with Crippen LogP contribution in [0.2, 0.25) is 0 Å². The van der Waals surface area contributed by atoms with Crippen molar-refractivity contribution in [2.24, 2.45) is 11.8 Å². The van der Waals surface area contributed by atoms with Crippen LogP contribution >= 0.6 is 0 Å². The van der Waals surface area contributed by atoms with Gasteiger partial charge in [0.15, 0.2) is 0 Å². The third-order valence-electron chi connectivity index (χ3n) is 8.02. The molecule has 3 saturated heterocycles. The number of nitrogens with zero attached hydrogens (tertiary/aromatic N) is 2. The molecule has 3 aliphatic rings. The van der Waals surface area contributed by atoms with Gasteiger partial charge in [0.25, 0.3) is 0 Å². The third kappa shape index (κ3) is 3.79. The first-order valence-electron chi connectivity index (χ1n) is 11.8. The summed E-state index contributed by atoms with van der Waals surface area (Å²) in [4.78, 5) is 4.52. The van der Waals surface area contributed by atoms with Crippen molar-refractivity contribution in [3.05, 3.63) is 78.5 Å². The number of methoxy groups -OCH3 is 2. The molecule has 3 aromatic rings. The van der Waals surface area contributed by atoms with E-state index in [1.807, 2.05) is 36.4 Å². The molecule has 4 unspecified atom stereocenters. The molecule has 6 rings (SSSR count). The number of aliphatic hydroxyl groups is 1. The monoisotopic (exact) mass is 445 g/mol. The summed E-state index contributed by atoms with van der Waals surface area (Å²) in [6.07, 6.45) is 5.50. The molecular weight excluding hydrogens is 412 g/mol. The Morgan fingerprint density at radius 3 is 2.82 bits per heavy atom. The number of pyridine rings is 1. The summed E-state index contributed by atoms with van der Waals surface area (Å²) in [7, 11) is 3.40. The van der Waals surface area contributed by atoms with Gasteiger partial charge in [0, 0.05) is 35.9 Å². The van der Waals surface area contributed by atoms with E-state index in [-0.39, 0.29) is 6.04 Å². The van der Waals surface area contributed by atoms with Crippen LogP contribution in [0.15, 0.2) is 67.4 Å². The molecule has 0 spiro atoms. The minimum atomic E-state index is -0.592. The van der Waals surface area contributed by atoms with Crippen molar-refractivity contribution in [1.29, 1.82) is 0 Å². The van der Waals surface area contributed by atoms with Crippen molar-refractivity contribution in [1.82, 2.24) is 4.98 Å². The van der Waals surface area contributed by atoms with Crippen LogP contribution < -0.4 is 9.47 Å². The Kier molecular flexibility index (Phi) is 5.85. The first kappa shape index (κ1) is 21.9. The van der Waals surface area contributed by atoms with Gasteiger partial charge in [-0.05, 0) is 47.9 Å². The van der Waals surface area contributed by atoms with Crippen LogP contribution in [-0.4, -0.2) is 47.9 Å². The lowest BCUT2D eigenvalue weighted by Crippen LogP contribution is -2.67. The quantitative estimate of drug-likeness (QED) is 0.415. The Labute approximate surface area is 195 Å². The summed E-state index contributed by atoms with van der Waals surface area (Å²) in [5.74, 6) is 2.74. The maximum absolute atomic E-state index is 11.9. The van der Waals surface area contributed by atoms with Crippen molar-refractivity contribution in [3.8, 4) is 11.5 Å². The van der Waals surface area contributed by atoms with Crippen LogP contribution in [0, 0.1) is 11.8 Å². The minimum Gasteiger partial charge on any atom is -0.497 e. The molecular formula is C28H33N2O3+. The van der Waals surface area contributed by atoms with Gasteiger partial charge in [-0.15, -0.1) is 6.58 Å². The molecule has 0 aliphatic carbocycles. The topological polar surface area (TPSA) is 51.6 Å². The van der Waals surface area contributed by atoms with Gasteiger partial charge >= 0.3 is 0 Å². The van der Waals surface area contributed by atoms with Crippen LogP contribution in [0.3, 0.4) is 0 Å². The van der Waals surface area contributed by atoms with Crippen molar-refractivity contribution in [2.45, 2.75) is 31.5 Å². The zero-order chi connectivity index (χ0) is 23.0. The minimum absolute atomic E-state index is 0.0988. The van der Waals surface area contributed by atoms with Crippen LogP contribution in [0.25, 0.3) is 10.9 Å². The van der Waals surface area contributed by atoms with E-state index < -0.39 is 6.10 Å². The molecule has 4 heterocycles. The lowest BCUT2D eigenvalue weighted by atomic mass is 9.71. The van der Waals surface area contributed by atoms with Gasteiger partial charge < -0.3 is 19.1 Å². The van der Waals surface area contributed by atoms with Crippen molar-refractivity contribution in [3.63, 3.8) is 0 Å². The van der Waals surface area contributed by atoms with Gasteiger partial charge in [-0.25, -0.2) is 0 Å². The largest absolute Gasteiger partial charge is 0.497 e. The fourth-order valence-electron chi connectivity index (χ4n) is 6.29. The van der Waals surface area contributed by atoms with Gasteiger partial charge in [0.2, 0.25) is 0 Å². The molecule has 1 aromatic heterocycles. The number of rotatable bonds is 7.